The van der Waals surface area contributed by atoms with Gasteiger partial charge in [-0.05, 0) is 25.3 Å². The maximum absolute atomic E-state index is 13.5. The van der Waals surface area contributed by atoms with Gasteiger partial charge in [-0.1, -0.05) is 6.92 Å². The molecular formula is C17H19FN6O2S. The summed E-state index contributed by atoms with van der Waals surface area (Å²) in [7, 11) is -1.60. The number of amides is 1. The summed E-state index contributed by atoms with van der Waals surface area (Å²) in [4.78, 5) is 16.5. The normalized spacial score (nSPS) is 21.8. The summed E-state index contributed by atoms with van der Waals surface area (Å²) >= 11 is 0. The van der Waals surface area contributed by atoms with Crippen LogP contribution in [0.25, 0.3) is 0 Å². The molecule has 27 heavy (non-hydrogen) atoms. The molecule has 3 N–H and O–H groups in total. The molecule has 1 aliphatic rings. The largest absolute Gasteiger partial charge is 0.345 e. The van der Waals surface area contributed by atoms with Gasteiger partial charge in [-0.25, -0.2) is 18.7 Å². The zero-order valence-corrected chi connectivity index (χ0v) is 15.7. The molecule has 0 aliphatic carbocycles. The van der Waals surface area contributed by atoms with Crippen LogP contribution in [0.1, 0.15) is 41.5 Å². The van der Waals surface area contributed by atoms with Gasteiger partial charge in [0.2, 0.25) is 5.95 Å². The Balaban J connectivity index is 1.99. The lowest BCUT2D eigenvalue weighted by atomic mass is 10.0. The summed E-state index contributed by atoms with van der Waals surface area (Å²) < 4.78 is 38.9. The standard InChI is InChI=1S/C17H19FN6O2S/c1-3-10-4-5-13-14(27(20,26)23-10)9-24(2)16(13)17(25)22-11-6-12(8-19)21-15(18)7-11/h6-7,9-10H,3-5H2,1-2H3,(H2,20,23,26)(H,21,22,25)/t10-,27?/m1/s1. The summed E-state index contributed by atoms with van der Waals surface area (Å²) in [6.07, 6.45) is 3.39. The van der Waals surface area contributed by atoms with Gasteiger partial charge in [0.15, 0.2) is 0 Å². The van der Waals surface area contributed by atoms with Crippen molar-refractivity contribution < 1.29 is 13.4 Å². The van der Waals surface area contributed by atoms with Crippen molar-refractivity contribution in [2.45, 2.75) is 37.1 Å². The number of halogens is 1. The number of aromatic nitrogens is 2. The molecule has 0 radical (unpaired) electrons. The number of carbonyl (C=O) groups excluding carboxylic acids is 1. The summed E-state index contributed by atoms with van der Waals surface area (Å²) in [5.41, 5.74) is 0.761. The lowest BCUT2D eigenvalue weighted by Gasteiger charge is -2.14. The highest BCUT2D eigenvalue weighted by Crippen LogP contribution is 2.28. The maximum Gasteiger partial charge on any atom is 0.272 e. The van der Waals surface area contributed by atoms with E-state index in [0.29, 0.717) is 23.3 Å². The van der Waals surface area contributed by atoms with E-state index >= 15 is 0 Å². The molecule has 3 rings (SSSR count). The average molecular weight is 390 g/mol. The zero-order chi connectivity index (χ0) is 19.8. The Morgan fingerprint density at radius 2 is 2.33 bits per heavy atom. The first-order chi connectivity index (χ1) is 12.7. The van der Waals surface area contributed by atoms with Crippen LogP contribution in [0.3, 0.4) is 0 Å². The third-order valence-corrected chi connectivity index (χ3v) is 6.14. The Morgan fingerprint density at radius 1 is 1.59 bits per heavy atom. The van der Waals surface area contributed by atoms with Crippen molar-refractivity contribution >= 4 is 21.5 Å². The fourth-order valence-electron chi connectivity index (χ4n) is 3.21. The van der Waals surface area contributed by atoms with Crippen molar-refractivity contribution in [3.8, 4) is 6.07 Å². The van der Waals surface area contributed by atoms with E-state index in [1.807, 2.05) is 6.92 Å². The van der Waals surface area contributed by atoms with Gasteiger partial charge >= 0.3 is 0 Å². The molecule has 8 nitrogen and oxygen atoms in total. The van der Waals surface area contributed by atoms with E-state index in [0.717, 1.165) is 12.5 Å². The number of aryl methyl sites for hydroxylation is 1. The number of nitrogens with zero attached hydrogens (tertiary/aromatic N) is 3. The lowest BCUT2D eigenvalue weighted by molar-refractivity contribution is 0.101. The number of nitriles is 1. The number of hydrogen-bond donors (Lipinski definition) is 3. The minimum Gasteiger partial charge on any atom is -0.345 e. The van der Waals surface area contributed by atoms with E-state index in [1.165, 1.54) is 16.8 Å². The fraction of sp³-hybridized carbons (Fsp3) is 0.353. The smallest absolute Gasteiger partial charge is 0.272 e. The van der Waals surface area contributed by atoms with Crippen LogP contribution < -0.4 is 10.0 Å². The van der Waals surface area contributed by atoms with Gasteiger partial charge in [0, 0.05) is 36.6 Å². The summed E-state index contributed by atoms with van der Waals surface area (Å²) in [6, 6.07) is 3.94. The minimum absolute atomic E-state index is 0.0731. The predicted molar refractivity (Wildman–Crippen MR) is 96.9 cm³/mol. The number of fused-ring (bicyclic) bond motifs is 1. The molecule has 1 aliphatic heterocycles. The molecule has 0 spiro atoms. The maximum atomic E-state index is 13.5. The van der Waals surface area contributed by atoms with E-state index in [1.54, 1.807) is 13.1 Å². The van der Waals surface area contributed by atoms with Crippen molar-refractivity contribution in [1.29, 1.82) is 10.0 Å². The SMILES string of the molecule is CC[C@@H]1CCc2c(cn(C)c2C(=O)Nc2cc(F)nc(C#N)c2)S(=N)(=O)N1. The molecule has 142 valence electrons. The Kier molecular flexibility index (Phi) is 4.99. The molecule has 2 aromatic heterocycles. The van der Waals surface area contributed by atoms with E-state index < -0.39 is 21.8 Å². The molecule has 1 amide bonds. The fourth-order valence-corrected chi connectivity index (χ4v) is 4.95. The molecule has 1 unspecified atom stereocenters. The monoisotopic (exact) mass is 390 g/mol. The van der Waals surface area contributed by atoms with Crippen molar-refractivity contribution in [3.63, 3.8) is 0 Å². The van der Waals surface area contributed by atoms with Gasteiger partial charge in [-0.15, -0.1) is 0 Å². The molecule has 0 aromatic carbocycles. The average Bonchev–Trinajstić information content (AvgIpc) is 2.89. The molecule has 10 heteroatoms. The third kappa shape index (κ3) is 3.70. The zero-order valence-electron chi connectivity index (χ0n) is 14.9. The Hall–Kier alpha value is -2.77. The molecule has 2 aromatic rings. The van der Waals surface area contributed by atoms with Crippen molar-refractivity contribution in [1.82, 2.24) is 14.3 Å². The van der Waals surface area contributed by atoms with Crippen LogP contribution in [-0.4, -0.2) is 25.7 Å². The van der Waals surface area contributed by atoms with Crippen molar-refractivity contribution in [3.05, 3.63) is 41.2 Å². The number of hydrogen-bond acceptors (Lipinski definition) is 5. The molecule has 0 bridgehead atoms. The second-order valence-corrected chi connectivity index (χ2v) is 8.17. The van der Waals surface area contributed by atoms with E-state index in [-0.39, 0.29) is 23.1 Å². The minimum atomic E-state index is -3.23. The van der Waals surface area contributed by atoms with Crippen LogP contribution in [-0.2, 0) is 23.4 Å². The van der Waals surface area contributed by atoms with Crippen LogP contribution in [0, 0.1) is 22.1 Å². The molecule has 3 heterocycles. The summed E-state index contributed by atoms with van der Waals surface area (Å²) in [6.45, 7) is 1.95. The first kappa shape index (κ1) is 19.0. The van der Waals surface area contributed by atoms with Crippen molar-refractivity contribution in [2.24, 2.45) is 7.05 Å². The quantitative estimate of drug-likeness (QED) is 0.696. The molecule has 0 saturated heterocycles. The molecule has 0 saturated carbocycles. The van der Waals surface area contributed by atoms with E-state index in [9.17, 15) is 13.4 Å². The highest BCUT2D eigenvalue weighted by atomic mass is 32.2. The lowest BCUT2D eigenvalue weighted by Crippen LogP contribution is -2.32. The second kappa shape index (κ2) is 7.09. The molecular weight excluding hydrogens is 371 g/mol. The van der Waals surface area contributed by atoms with Gasteiger partial charge in [0.1, 0.15) is 27.4 Å². The highest BCUT2D eigenvalue weighted by molar-refractivity contribution is 7.90. The van der Waals surface area contributed by atoms with Crippen LogP contribution in [0.15, 0.2) is 23.2 Å². The first-order valence-corrected chi connectivity index (χ1v) is 9.94. The van der Waals surface area contributed by atoms with Gasteiger partial charge in [-0.2, -0.15) is 9.65 Å². The third-order valence-electron chi connectivity index (χ3n) is 4.51. The van der Waals surface area contributed by atoms with Crippen LogP contribution in [0.4, 0.5) is 10.1 Å². The van der Waals surface area contributed by atoms with Gasteiger partial charge in [-0.3, -0.25) is 4.79 Å². The first-order valence-electron chi connectivity index (χ1n) is 8.38. The van der Waals surface area contributed by atoms with Gasteiger partial charge in [0.05, 0.1) is 4.90 Å². The summed E-state index contributed by atoms with van der Waals surface area (Å²) in [5, 5.41) is 11.4. The summed E-state index contributed by atoms with van der Waals surface area (Å²) in [5.74, 6) is -1.40. The van der Waals surface area contributed by atoms with Crippen molar-refractivity contribution in [2.75, 3.05) is 5.32 Å². The van der Waals surface area contributed by atoms with Crippen LogP contribution >= 0.6 is 0 Å². The second-order valence-electron chi connectivity index (χ2n) is 6.38. The topological polar surface area (TPSA) is 124 Å². The van der Waals surface area contributed by atoms with E-state index in [2.05, 4.69) is 15.0 Å². The number of rotatable bonds is 3. The van der Waals surface area contributed by atoms with Crippen LogP contribution in [0.5, 0.6) is 0 Å². The van der Waals surface area contributed by atoms with Gasteiger partial charge in [0.25, 0.3) is 5.91 Å². The Bertz CT molecular complexity index is 1050. The Labute approximate surface area is 156 Å². The highest BCUT2D eigenvalue weighted by Gasteiger charge is 2.30. The molecule has 0 fully saturated rings. The number of pyridine rings is 1. The number of anilines is 1. The molecule has 2 atom stereocenters. The van der Waals surface area contributed by atoms with Crippen LogP contribution in [0.2, 0.25) is 0 Å². The number of carbonyl (C=O) groups is 1. The van der Waals surface area contributed by atoms with Gasteiger partial charge < -0.3 is 9.88 Å². The Morgan fingerprint density at radius 3 is 3.00 bits per heavy atom. The van der Waals surface area contributed by atoms with E-state index in [4.69, 9.17) is 10.0 Å². The predicted octanol–water partition coefficient (Wildman–Crippen LogP) is 2.32. The number of nitrogens with one attached hydrogen (secondary N) is 3.